The molecule has 0 fully saturated rings. The number of nitriles is 1. The van der Waals surface area contributed by atoms with Gasteiger partial charge in [-0.15, -0.1) is 0 Å². The van der Waals surface area contributed by atoms with Crippen LogP contribution in [-0.4, -0.2) is 31.2 Å². The van der Waals surface area contributed by atoms with Crippen LogP contribution in [0.3, 0.4) is 0 Å². The highest BCUT2D eigenvalue weighted by Crippen LogP contribution is 2.16. The topological polar surface area (TPSA) is 76.4 Å². The number of carbonyl (C=O) groups excluding carboxylic acids is 1. The maximum absolute atomic E-state index is 12.3. The van der Waals surface area contributed by atoms with Gasteiger partial charge in [0.2, 0.25) is 0 Å². The van der Waals surface area contributed by atoms with E-state index in [0.717, 1.165) is 16.8 Å². The molecular weight excluding hydrogens is 314 g/mol. The molecule has 0 aliphatic carbocycles. The number of hydrogen-bond donors (Lipinski definition) is 2. The highest BCUT2D eigenvalue weighted by atomic mass is 16.3. The Morgan fingerprint density at radius 1 is 1.28 bits per heavy atom. The molecule has 0 bridgehead atoms. The normalized spacial score (nSPS) is 10.9. The van der Waals surface area contributed by atoms with Crippen molar-refractivity contribution in [2.75, 3.05) is 30.4 Å². The SMILES string of the molecule is Cc1cccc(NC(=O)/C(C#N)=C/c2ccc(N(C)CCO)cc2)c1. The van der Waals surface area contributed by atoms with E-state index in [1.54, 1.807) is 12.1 Å². The second-order valence-corrected chi connectivity index (χ2v) is 5.73. The molecule has 0 radical (unpaired) electrons. The number of rotatable bonds is 6. The number of nitrogens with one attached hydrogen (secondary N) is 1. The lowest BCUT2D eigenvalue weighted by molar-refractivity contribution is -0.112. The highest BCUT2D eigenvalue weighted by Gasteiger charge is 2.10. The molecule has 2 N–H and O–H groups in total. The standard InChI is InChI=1S/C20H21N3O2/c1-15-4-3-5-18(12-15)22-20(25)17(14-21)13-16-6-8-19(9-7-16)23(2)10-11-24/h3-9,12-13,24H,10-11H2,1-2H3,(H,22,25)/b17-13+. The lowest BCUT2D eigenvalue weighted by Crippen LogP contribution is -2.20. The second kappa shape index (κ2) is 8.67. The molecule has 128 valence electrons. The number of hydrogen-bond acceptors (Lipinski definition) is 4. The first-order chi connectivity index (χ1) is 12.0. The molecule has 0 saturated carbocycles. The second-order valence-electron chi connectivity index (χ2n) is 5.73. The molecule has 0 aliphatic heterocycles. The van der Waals surface area contributed by atoms with E-state index >= 15 is 0 Å². The zero-order valence-corrected chi connectivity index (χ0v) is 14.4. The van der Waals surface area contributed by atoms with Crippen molar-refractivity contribution in [2.45, 2.75) is 6.92 Å². The first kappa shape index (κ1) is 18.2. The molecule has 2 aromatic carbocycles. The van der Waals surface area contributed by atoms with Crippen LogP contribution in [0.25, 0.3) is 6.08 Å². The quantitative estimate of drug-likeness (QED) is 0.628. The Hall–Kier alpha value is -3.10. The van der Waals surface area contributed by atoms with Crippen LogP contribution >= 0.6 is 0 Å². The monoisotopic (exact) mass is 335 g/mol. The van der Waals surface area contributed by atoms with Crippen LogP contribution < -0.4 is 10.2 Å². The van der Waals surface area contributed by atoms with Gasteiger partial charge in [0, 0.05) is 25.0 Å². The number of aliphatic hydroxyl groups excluding tert-OH is 1. The number of likely N-dealkylation sites (N-methyl/N-ethyl adjacent to an activating group) is 1. The Morgan fingerprint density at radius 2 is 2.00 bits per heavy atom. The van der Waals surface area contributed by atoms with Gasteiger partial charge in [-0.1, -0.05) is 24.3 Å². The molecule has 2 aromatic rings. The zero-order valence-electron chi connectivity index (χ0n) is 14.4. The average molecular weight is 335 g/mol. The number of carbonyl (C=O) groups is 1. The summed E-state index contributed by atoms with van der Waals surface area (Å²) < 4.78 is 0. The van der Waals surface area contributed by atoms with Crippen LogP contribution in [0.5, 0.6) is 0 Å². The lowest BCUT2D eigenvalue weighted by atomic mass is 10.1. The van der Waals surface area contributed by atoms with Crippen molar-refractivity contribution in [3.63, 3.8) is 0 Å². The minimum absolute atomic E-state index is 0.0398. The van der Waals surface area contributed by atoms with E-state index in [-0.39, 0.29) is 12.2 Å². The molecule has 2 rings (SSSR count). The van der Waals surface area contributed by atoms with Gasteiger partial charge in [-0.25, -0.2) is 0 Å². The minimum atomic E-state index is -0.436. The summed E-state index contributed by atoms with van der Waals surface area (Å²) >= 11 is 0. The van der Waals surface area contributed by atoms with E-state index < -0.39 is 5.91 Å². The number of nitrogens with zero attached hydrogens (tertiary/aromatic N) is 2. The first-order valence-electron chi connectivity index (χ1n) is 7.95. The van der Waals surface area contributed by atoms with Gasteiger partial charge >= 0.3 is 0 Å². The molecule has 0 saturated heterocycles. The molecule has 0 atom stereocenters. The number of aryl methyl sites for hydroxylation is 1. The maximum atomic E-state index is 12.3. The fraction of sp³-hybridized carbons (Fsp3) is 0.200. The molecule has 0 unspecified atom stereocenters. The summed E-state index contributed by atoms with van der Waals surface area (Å²) in [7, 11) is 1.89. The highest BCUT2D eigenvalue weighted by molar-refractivity contribution is 6.09. The molecule has 0 aliphatic rings. The van der Waals surface area contributed by atoms with Gasteiger partial charge in [0.25, 0.3) is 5.91 Å². The van der Waals surface area contributed by atoms with Crippen LogP contribution in [0, 0.1) is 18.3 Å². The van der Waals surface area contributed by atoms with Crippen LogP contribution in [0.2, 0.25) is 0 Å². The van der Waals surface area contributed by atoms with Crippen molar-refractivity contribution in [2.24, 2.45) is 0 Å². The third-order valence-electron chi connectivity index (χ3n) is 3.72. The Labute approximate surface area is 147 Å². The summed E-state index contributed by atoms with van der Waals surface area (Å²) in [6, 6.07) is 16.8. The molecule has 5 nitrogen and oxygen atoms in total. The largest absolute Gasteiger partial charge is 0.395 e. The molecule has 0 spiro atoms. The minimum Gasteiger partial charge on any atom is -0.395 e. The van der Waals surface area contributed by atoms with Crippen molar-refractivity contribution >= 4 is 23.4 Å². The summed E-state index contributed by atoms with van der Waals surface area (Å²) in [5, 5.41) is 21.0. The van der Waals surface area contributed by atoms with E-state index in [1.807, 2.05) is 67.4 Å². The predicted octanol–water partition coefficient (Wildman–Crippen LogP) is 2.97. The van der Waals surface area contributed by atoms with Crippen LogP contribution in [-0.2, 0) is 4.79 Å². The lowest BCUT2D eigenvalue weighted by Gasteiger charge is -2.17. The summed E-state index contributed by atoms with van der Waals surface area (Å²) in [4.78, 5) is 14.2. The number of anilines is 2. The zero-order chi connectivity index (χ0) is 18.2. The van der Waals surface area contributed by atoms with Crippen molar-refractivity contribution in [1.29, 1.82) is 5.26 Å². The Morgan fingerprint density at radius 3 is 2.60 bits per heavy atom. The van der Waals surface area contributed by atoms with E-state index in [1.165, 1.54) is 0 Å². The van der Waals surface area contributed by atoms with Gasteiger partial charge in [0.15, 0.2) is 0 Å². The molecule has 25 heavy (non-hydrogen) atoms. The van der Waals surface area contributed by atoms with Gasteiger partial charge < -0.3 is 15.3 Å². The van der Waals surface area contributed by atoms with E-state index in [2.05, 4.69) is 5.32 Å². The number of benzene rings is 2. The smallest absolute Gasteiger partial charge is 0.266 e. The fourth-order valence-electron chi connectivity index (χ4n) is 2.34. The van der Waals surface area contributed by atoms with Crippen molar-refractivity contribution in [3.05, 3.63) is 65.2 Å². The fourth-order valence-corrected chi connectivity index (χ4v) is 2.34. The third kappa shape index (κ3) is 5.20. The van der Waals surface area contributed by atoms with Crippen molar-refractivity contribution < 1.29 is 9.90 Å². The maximum Gasteiger partial charge on any atom is 0.266 e. The first-order valence-corrected chi connectivity index (χ1v) is 7.95. The van der Waals surface area contributed by atoms with Gasteiger partial charge in [-0.05, 0) is 48.4 Å². The average Bonchev–Trinajstić information content (AvgIpc) is 2.60. The molecule has 0 aromatic heterocycles. The van der Waals surface area contributed by atoms with Crippen LogP contribution in [0.4, 0.5) is 11.4 Å². The van der Waals surface area contributed by atoms with E-state index in [9.17, 15) is 10.1 Å². The summed E-state index contributed by atoms with van der Waals surface area (Å²) in [5.74, 6) is -0.436. The summed E-state index contributed by atoms with van der Waals surface area (Å²) in [5.41, 5.74) is 3.44. The third-order valence-corrected chi connectivity index (χ3v) is 3.72. The Kier molecular flexibility index (Phi) is 6.33. The van der Waals surface area contributed by atoms with Crippen LogP contribution in [0.15, 0.2) is 54.1 Å². The van der Waals surface area contributed by atoms with Crippen LogP contribution in [0.1, 0.15) is 11.1 Å². The predicted molar refractivity (Wildman–Crippen MR) is 100 cm³/mol. The molecule has 1 amide bonds. The Bertz CT molecular complexity index is 804. The number of aliphatic hydroxyl groups is 1. The summed E-state index contributed by atoms with van der Waals surface area (Å²) in [6.45, 7) is 2.56. The molecule has 5 heteroatoms. The van der Waals surface area contributed by atoms with Gasteiger partial charge in [0.05, 0.1) is 6.61 Å². The van der Waals surface area contributed by atoms with Crippen molar-refractivity contribution in [3.8, 4) is 6.07 Å². The molecular formula is C20H21N3O2. The van der Waals surface area contributed by atoms with Gasteiger partial charge in [-0.2, -0.15) is 5.26 Å². The van der Waals surface area contributed by atoms with Crippen molar-refractivity contribution in [1.82, 2.24) is 0 Å². The number of amides is 1. The van der Waals surface area contributed by atoms with E-state index in [4.69, 9.17) is 5.11 Å². The van der Waals surface area contributed by atoms with Gasteiger partial charge in [0.1, 0.15) is 11.6 Å². The van der Waals surface area contributed by atoms with E-state index in [0.29, 0.717) is 12.2 Å². The Balaban J connectivity index is 2.13. The summed E-state index contributed by atoms with van der Waals surface area (Å²) in [6.07, 6.45) is 1.56. The molecule has 0 heterocycles. The van der Waals surface area contributed by atoms with Gasteiger partial charge in [-0.3, -0.25) is 4.79 Å².